The molecule has 0 aromatic heterocycles. The van der Waals surface area contributed by atoms with Crippen molar-refractivity contribution < 1.29 is 87.2 Å². The first-order chi connectivity index (χ1) is 43.5. The van der Waals surface area contributed by atoms with Crippen LogP contribution in [0, 0.1) is 45.8 Å². The molecule has 546 valence electrons. The van der Waals surface area contributed by atoms with Crippen molar-refractivity contribution in [1.29, 1.82) is 0 Å². The Hall–Kier alpha value is -5.73. The van der Waals surface area contributed by atoms with Gasteiger partial charge in [-0.1, -0.05) is 193 Å². The summed E-state index contributed by atoms with van der Waals surface area (Å²) in [5, 5.41) is -2.11. The van der Waals surface area contributed by atoms with Crippen LogP contribution < -0.4 is 0 Å². The summed E-state index contributed by atoms with van der Waals surface area (Å²) in [6, 6.07) is 34.6. The van der Waals surface area contributed by atoms with Crippen LogP contribution in [0.5, 0.6) is 0 Å². The molecule has 7 rings (SSSR count). The van der Waals surface area contributed by atoms with Gasteiger partial charge in [0.2, 0.25) is 29.5 Å². The Labute approximate surface area is 568 Å². The molecule has 0 N–H and O–H groups in total. The van der Waals surface area contributed by atoms with E-state index in [2.05, 4.69) is 4.74 Å². The molecule has 7 aromatic rings. The molecule has 0 fully saturated rings. The molecule has 1 unspecified atom stereocenters. The Bertz CT molecular complexity index is 3990. The summed E-state index contributed by atoms with van der Waals surface area (Å²) in [6.07, 6.45) is 2.70. The highest BCUT2D eigenvalue weighted by Crippen LogP contribution is 3.04. The topological polar surface area (TPSA) is 26.3 Å². The summed E-state index contributed by atoms with van der Waals surface area (Å²) in [6.45, 7) is 13.0. The zero-order valence-corrected chi connectivity index (χ0v) is 59.8. The van der Waals surface area contributed by atoms with E-state index in [1.165, 1.54) is 91.9 Å². The summed E-state index contributed by atoms with van der Waals surface area (Å²) in [5.41, 5.74) is 3.34. The van der Waals surface area contributed by atoms with Crippen LogP contribution in [-0.4, -0.2) is 29.5 Å². The van der Waals surface area contributed by atoms with Gasteiger partial charge in [-0.05, 0) is 145 Å². The fraction of sp³-hybridized carbons (Fsp3) is 0.269. The third kappa shape index (κ3) is 27.0. The maximum Gasteiger partial charge on any atom is 0.322 e. The Kier molecular flexibility index (Phi) is 24.4. The van der Waals surface area contributed by atoms with Crippen LogP contribution in [0.3, 0.4) is 0 Å². The largest absolute Gasteiger partial charge is 0.465 e. The number of hydrogen-bond donors (Lipinski definition) is 0. The van der Waals surface area contributed by atoms with E-state index in [1.807, 2.05) is 19.8 Å². The molecule has 0 saturated carbocycles. The lowest BCUT2D eigenvalue weighted by Gasteiger charge is -2.51. The predicted molar refractivity (Wildman–Crippen MR) is 370 cm³/mol. The molecule has 0 bridgehead atoms. The van der Waals surface area contributed by atoms with Crippen LogP contribution in [0.25, 0.3) is 5.03 Å². The standard InChI is InChI=1S/C15H13ClF4S.C15H12F4S.C13H19ClF4S.C13H17ClF4S.C11H14F4O2S/c1-12-7-9-14(10-8-12)21(17,18,19,20)11-15(16)13-5-3-2-4-6-13;1-13-7-9-15(10-8-13)20(16,17,18,19)12-11-14-5-3-2-4-6-14;2*1-3-4-5-12(14)10-19(15,16,17,18)13-8-6-11(2)7-9-13;1-3-17-11(16)8-18(12,13,14,15)10-6-4-9(2)5-7-10/h2-11H,1H3;2-10H,1H3;6-9,12H,3-5,10H2,1-2H3;6-10H,3-5H2,1-2H3;4-7H,3,8H2,1-2H3/b15-11+;;;12-10+;. The van der Waals surface area contributed by atoms with Gasteiger partial charge in [0.25, 0.3) is 0 Å². The predicted octanol–water partition coefficient (Wildman–Crippen LogP) is 30.7. The minimum atomic E-state index is -8.60. The highest BCUT2D eigenvalue weighted by atomic mass is 35.5. The summed E-state index contributed by atoms with van der Waals surface area (Å²) < 4.78 is 284. The molecule has 7 aromatic carbocycles. The van der Waals surface area contributed by atoms with E-state index in [0.717, 1.165) is 72.3 Å². The normalized spacial score (nSPS) is 16.2. The summed E-state index contributed by atoms with van der Waals surface area (Å²) in [5.74, 6) is -3.48. The van der Waals surface area contributed by atoms with Crippen molar-refractivity contribution in [1.82, 2.24) is 0 Å². The lowest BCUT2D eigenvalue weighted by molar-refractivity contribution is -0.140. The van der Waals surface area contributed by atoms with Gasteiger partial charge in [-0.3, -0.25) is 4.79 Å². The lowest BCUT2D eigenvalue weighted by atomic mass is 10.2. The monoisotopic (exact) mass is 1560 g/mol. The van der Waals surface area contributed by atoms with Crippen molar-refractivity contribution in [3.05, 3.63) is 237 Å². The second kappa shape index (κ2) is 27.7. The number of carbonyl (C=O) groups is 1. The van der Waals surface area contributed by atoms with E-state index in [0.29, 0.717) is 59.2 Å². The number of ether oxygens (including phenoxy) is 1. The molecule has 0 saturated heterocycles. The zero-order chi connectivity index (χ0) is 74.4. The molecule has 0 heterocycles. The van der Waals surface area contributed by atoms with Crippen molar-refractivity contribution in [2.45, 2.75) is 124 Å². The highest BCUT2D eigenvalue weighted by molar-refractivity contribution is 8.53. The van der Waals surface area contributed by atoms with Gasteiger partial charge < -0.3 is 4.74 Å². The fourth-order valence-electron chi connectivity index (χ4n) is 8.04. The van der Waals surface area contributed by atoms with Gasteiger partial charge in [-0.15, -0.1) is 89.3 Å². The van der Waals surface area contributed by atoms with E-state index in [4.69, 9.17) is 34.8 Å². The van der Waals surface area contributed by atoms with Gasteiger partial charge in [-0.2, -0.15) is 0 Å². The van der Waals surface area contributed by atoms with E-state index < -0.39 is 107 Å². The van der Waals surface area contributed by atoms with Gasteiger partial charge in [0.15, 0.2) is 25.4 Å². The summed E-state index contributed by atoms with van der Waals surface area (Å²) in [4.78, 5) is 4.47. The number of alkyl halides is 1. The summed E-state index contributed by atoms with van der Waals surface area (Å²) in [7, 11) is -42.4. The molecule has 2 nitrogen and oxygen atoms in total. The van der Waals surface area contributed by atoms with Crippen LogP contribution >= 0.6 is 84.0 Å². The Morgan fingerprint density at radius 2 is 0.784 bits per heavy atom. The number of allylic oxidation sites excluding steroid dienone is 1. The van der Waals surface area contributed by atoms with E-state index >= 15 is 0 Å². The van der Waals surface area contributed by atoms with Crippen molar-refractivity contribution in [3.63, 3.8) is 0 Å². The quantitative estimate of drug-likeness (QED) is 0.0349. The summed E-state index contributed by atoms with van der Waals surface area (Å²) >= 11 is 16.9. The maximum absolute atomic E-state index is 14.2. The molecule has 1 atom stereocenters. The van der Waals surface area contributed by atoms with Gasteiger partial charge in [0.05, 0.1) is 52.7 Å². The molecular weight excluding hydrogens is 1480 g/mol. The van der Waals surface area contributed by atoms with Gasteiger partial charge in [-0.25, -0.2) is 0 Å². The van der Waals surface area contributed by atoms with E-state index in [1.54, 1.807) is 58.9 Å². The van der Waals surface area contributed by atoms with Crippen LogP contribution in [0.2, 0.25) is 0 Å². The average Bonchev–Trinajstić information content (AvgIpc) is 0.749. The smallest absolute Gasteiger partial charge is 0.322 e. The SMILES string of the molecule is CCCC/C(Cl)=C\S(F)(F)(F)(F)c1ccc(C)cc1.CCCCC(Cl)CS(F)(F)(F)(F)c1ccc(C)cc1.CCOC(=O)CS(F)(F)(F)(F)c1ccc(C)cc1.Cc1ccc(S(F)(F)(F)(F)/C=C(/Cl)c2ccccc2)cc1.Cc1ccc(S(F)(F)(F)(F)C#Cc2ccccc2)cc1. The third-order valence-corrected chi connectivity index (χ3v) is 25.1. The number of aryl methyl sites for hydroxylation is 5. The molecule has 0 aliphatic carbocycles. The van der Waals surface area contributed by atoms with Crippen LogP contribution in [0.1, 0.15) is 98.2 Å². The lowest BCUT2D eigenvalue weighted by Crippen LogP contribution is -2.26. The number of hydrogen-bond acceptors (Lipinski definition) is 2. The second-order valence-electron chi connectivity index (χ2n) is 22.8. The molecule has 0 aliphatic heterocycles. The number of halogens is 23. The maximum atomic E-state index is 14.2. The second-order valence-corrected chi connectivity index (χ2v) is 39.6. The minimum Gasteiger partial charge on any atom is -0.465 e. The first-order valence-corrected chi connectivity index (χ1v) is 41.0. The van der Waals surface area contributed by atoms with Gasteiger partial charge >= 0.3 is 5.97 Å². The number of benzene rings is 7. The third-order valence-electron chi connectivity index (χ3n) is 13.4. The number of carbonyl (C=O) groups excluding carboxylic acids is 1. The molecule has 0 spiro atoms. The minimum absolute atomic E-state index is 0.0333. The fourth-order valence-corrected chi connectivity index (χ4v) is 17.6. The molecule has 97 heavy (non-hydrogen) atoms. The Morgan fingerprint density at radius 3 is 1.15 bits per heavy atom. The number of rotatable bonds is 19. The Balaban J connectivity index is 0.000000316. The molecule has 0 amide bonds. The molecular formula is C67H75Cl3F20O2S5. The van der Waals surface area contributed by atoms with Crippen molar-refractivity contribution in [2.75, 3.05) is 18.1 Å². The van der Waals surface area contributed by atoms with Crippen LogP contribution in [-0.2, 0) is 9.53 Å². The first-order valence-electron chi connectivity index (χ1n) is 29.1. The highest BCUT2D eigenvalue weighted by Gasteiger charge is 2.68. The van der Waals surface area contributed by atoms with Crippen molar-refractivity contribution in [3.8, 4) is 11.2 Å². The van der Waals surface area contributed by atoms with Crippen molar-refractivity contribution in [2.24, 2.45) is 0 Å². The van der Waals surface area contributed by atoms with Crippen LogP contribution in [0.15, 0.2) is 222 Å². The molecule has 0 aliphatic rings. The van der Waals surface area contributed by atoms with E-state index in [-0.39, 0.29) is 41.4 Å². The molecule has 30 heteroatoms. The van der Waals surface area contributed by atoms with Gasteiger partial charge in [0, 0.05) is 21.2 Å². The van der Waals surface area contributed by atoms with Gasteiger partial charge in [0.1, 0.15) is 0 Å². The van der Waals surface area contributed by atoms with E-state index in [9.17, 15) is 82.5 Å². The van der Waals surface area contributed by atoms with Crippen molar-refractivity contribution >= 4 is 95.0 Å². The average molecular weight is 1560 g/mol. The Morgan fingerprint density at radius 1 is 0.443 bits per heavy atom. The number of unbranched alkanes of at least 4 members (excludes halogenated alkanes) is 2. The zero-order valence-electron chi connectivity index (χ0n) is 53.5. The molecule has 0 radical (unpaired) electrons. The van der Waals surface area contributed by atoms with Crippen LogP contribution in [0.4, 0.5) is 77.7 Å². The number of esters is 1. The first kappa shape index (κ1) is 85.5.